The minimum Gasteiger partial charge on any atom is -0.246 e. The third kappa shape index (κ3) is 1.92. The van der Waals surface area contributed by atoms with Gasteiger partial charge in [0.2, 0.25) is 0 Å². The van der Waals surface area contributed by atoms with Crippen LogP contribution in [0.1, 0.15) is 26.2 Å². The second-order valence-corrected chi connectivity index (χ2v) is 5.36. The molecule has 0 radical (unpaired) electrons. The molecule has 0 aromatic heterocycles. The molecule has 2 atom stereocenters. The molecule has 0 spiro atoms. The van der Waals surface area contributed by atoms with Gasteiger partial charge in [0.25, 0.3) is 0 Å². The van der Waals surface area contributed by atoms with Crippen molar-refractivity contribution < 1.29 is 12.8 Å². The van der Waals surface area contributed by atoms with Crippen molar-refractivity contribution in [3.8, 4) is 0 Å². The summed E-state index contributed by atoms with van der Waals surface area (Å²) in [5, 5.41) is -0.283. The molecule has 2 nitrogen and oxygen atoms in total. The lowest BCUT2D eigenvalue weighted by molar-refractivity contribution is 0.318. The summed E-state index contributed by atoms with van der Waals surface area (Å²) >= 11 is 0. The van der Waals surface area contributed by atoms with Crippen molar-refractivity contribution in [3.05, 3.63) is 0 Å². The lowest BCUT2D eigenvalue weighted by Gasteiger charge is -2.23. The molecule has 0 N–H and O–H groups in total. The van der Waals surface area contributed by atoms with Gasteiger partial charge in [-0.1, -0.05) is 6.92 Å². The highest BCUT2D eigenvalue weighted by Crippen LogP contribution is 2.23. The van der Waals surface area contributed by atoms with E-state index in [2.05, 4.69) is 0 Å². The van der Waals surface area contributed by atoms with Crippen LogP contribution in [0.15, 0.2) is 0 Å². The summed E-state index contributed by atoms with van der Waals surface area (Å²) in [7, 11) is -3.10. The van der Waals surface area contributed by atoms with Crippen LogP contribution < -0.4 is 0 Å². The van der Waals surface area contributed by atoms with Crippen LogP contribution in [0, 0.1) is 0 Å². The molecule has 1 aliphatic heterocycles. The Balaban J connectivity index is 2.73. The van der Waals surface area contributed by atoms with Crippen LogP contribution in [0.4, 0.5) is 4.39 Å². The van der Waals surface area contributed by atoms with Crippen molar-refractivity contribution >= 4 is 9.84 Å². The highest BCUT2D eigenvalue weighted by molar-refractivity contribution is 7.92. The second-order valence-electron chi connectivity index (χ2n) is 3.03. The number of hydrogen-bond donors (Lipinski definition) is 0. The van der Waals surface area contributed by atoms with Gasteiger partial charge in [-0.25, -0.2) is 12.8 Å². The number of hydrogen-bond acceptors (Lipinski definition) is 2. The van der Waals surface area contributed by atoms with Crippen LogP contribution in [-0.4, -0.2) is 25.6 Å². The molecule has 1 heterocycles. The van der Waals surface area contributed by atoms with Crippen LogP contribution in [-0.2, 0) is 9.84 Å². The lowest BCUT2D eigenvalue weighted by atomic mass is 10.1. The summed E-state index contributed by atoms with van der Waals surface area (Å²) in [6.45, 7) is 1.83. The predicted octanol–water partition coefficient (Wildman–Crippen LogP) is 1.31. The van der Waals surface area contributed by atoms with Crippen molar-refractivity contribution in [2.75, 3.05) is 5.75 Å². The average molecular weight is 180 g/mol. The summed E-state index contributed by atoms with van der Waals surface area (Å²) in [5.74, 6) is -0.258. The van der Waals surface area contributed by atoms with E-state index in [9.17, 15) is 12.8 Å². The van der Waals surface area contributed by atoms with Gasteiger partial charge in [-0.2, -0.15) is 0 Å². The Morgan fingerprint density at radius 1 is 1.45 bits per heavy atom. The summed E-state index contributed by atoms with van der Waals surface area (Å²) in [6, 6.07) is 0. The third-order valence-corrected chi connectivity index (χ3v) is 4.59. The molecule has 1 saturated heterocycles. The van der Waals surface area contributed by atoms with E-state index in [-0.39, 0.29) is 11.0 Å². The summed E-state index contributed by atoms with van der Waals surface area (Å²) in [4.78, 5) is 0. The van der Waals surface area contributed by atoms with Gasteiger partial charge in [-0.3, -0.25) is 0 Å². The van der Waals surface area contributed by atoms with Gasteiger partial charge in [0, 0.05) is 0 Å². The fourth-order valence-electron chi connectivity index (χ4n) is 1.48. The quantitative estimate of drug-likeness (QED) is 0.609. The topological polar surface area (TPSA) is 34.1 Å². The predicted molar refractivity (Wildman–Crippen MR) is 42.0 cm³/mol. The number of rotatable bonds is 1. The monoisotopic (exact) mass is 180 g/mol. The van der Waals surface area contributed by atoms with Gasteiger partial charge in [0.15, 0.2) is 9.84 Å². The highest BCUT2D eigenvalue weighted by Gasteiger charge is 2.32. The zero-order valence-electron chi connectivity index (χ0n) is 6.59. The largest absolute Gasteiger partial charge is 0.246 e. The molecule has 0 aliphatic carbocycles. The molecule has 1 rings (SSSR count). The molecule has 0 bridgehead atoms. The minimum atomic E-state index is -3.10. The molecule has 11 heavy (non-hydrogen) atoms. The van der Waals surface area contributed by atoms with Crippen LogP contribution in [0.5, 0.6) is 0 Å². The maximum Gasteiger partial charge on any atom is 0.156 e. The molecule has 4 heteroatoms. The van der Waals surface area contributed by atoms with Gasteiger partial charge >= 0.3 is 0 Å². The number of halogens is 1. The fraction of sp³-hybridized carbons (Fsp3) is 1.00. The molecule has 1 fully saturated rings. The van der Waals surface area contributed by atoms with Crippen LogP contribution in [0.2, 0.25) is 0 Å². The number of sulfone groups is 1. The standard InChI is InChI=1S/C7H13FO2S/c1-2-7-4-3-6(8)5-11(7,9)10/h6-7H,2-5H2,1H3. The Morgan fingerprint density at radius 3 is 2.55 bits per heavy atom. The first-order valence-electron chi connectivity index (χ1n) is 3.92. The van der Waals surface area contributed by atoms with E-state index >= 15 is 0 Å². The van der Waals surface area contributed by atoms with E-state index in [0.717, 1.165) is 0 Å². The molecular weight excluding hydrogens is 167 g/mol. The van der Waals surface area contributed by atoms with E-state index in [1.165, 1.54) is 0 Å². The molecule has 2 unspecified atom stereocenters. The first-order valence-corrected chi connectivity index (χ1v) is 5.63. The number of alkyl halides is 1. The summed E-state index contributed by atoms with van der Waals surface area (Å²) in [6.07, 6.45) is 0.412. The zero-order chi connectivity index (χ0) is 8.48. The lowest BCUT2D eigenvalue weighted by Crippen LogP contribution is -2.34. The maximum atomic E-state index is 12.6. The first-order chi connectivity index (χ1) is 5.06. The van der Waals surface area contributed by atoms with E-state index in [0.29, 0.717) is 19.3 Å². The van der Waals surface area contributed by atoms with Crippen molar-refractivity contribution in [2.45, 2.75) is 37.6 Å². The molecule has 0 aromatic carbocycles. The van der Waals surface area contributed by atoms with E-state index in [1.54, 1.807) is 0 Å². The van der Waals surface area contributed by atoms with Crippen molar-refractivity contribution in [1.82, 2.24) is 0 Å². The normalized spacial score (nSPS) is 36.9. The Labute approximate surface area is 66.7 Å². The van der Waals surface area contributed by atoms with E-state index in [4.69, 9.17) is 0 Å². The van der Waals surface area contributed by atoms with Crippen molar-refractivity contribution in [3.63, 3.8) is 0 Å². The second kappa shape index (κ2) is 3.09. The van der Waals surface area contributed by atoms with Crippen LogP contribution >= 0.6 is 0 Å². The first kappa shape index (κ1) is 8.97. The van der Waals surface area contributed by atoms with Crippen LogP contribution in [0.25, 0.3) is 0 Å². The molecule has 0 aromatic rings. The summed E-state index contributed by atoms with van der Waals surface area (Å²) in [5.41, 5.74) is 0. The van der Waals surface area contributed by atoms with E-state index in [1.807, 2.05) is 6.92 Å². The molecule has 1 aliphatic rings. The fourth-order valence-corrected chi connectivity index (χ4v) is 3.42. The maximum absolute atomic E-state index is 12.6. The Bertz CT molecular complexity index is 223. The van der Waals surface area contributed by atoms with Gasteiger partial charge in [0.1, 0.15) is 6.17 Å². The van der Waals surface area contributed by atoms with Gasteiger partial charge in [-0.05, 0) is 19.3 Å². The zero-order valence-corrected chi connectivity index (χ0v) is 7.40. The SMILES string of the molecule is CCC1CCC(F)CS1(=O)=O. The molecule has 66 valence electrons. The Hall–Kier alpha value is -0.120. The van der Waals surface area contributed by atoms with E-state index < -0.39 is 16.0 Å². The van der Waals surface area contributed by atoms with Crippen molar-refractivity contribution in [2.24, 2.45) is 0 Å². The minimum absolute atomic E-state index is 0.258. The Kier molecular flexibility index (Phi) is 2.52. The molecule has 0 amide bonds. The summed E-state index contributed by atoms with van der Waals surface area (Å²) < 4.78 is 35.0. The van der Waals surface area contributed by atoms with Gasteiger partial charge < -0.3 is 0 Å². The molecular formula is C7H13FO2S. The Morgan fingerprint density at radius 2 is 2.09 bits per heavy atom. The van der Waals surface area contributed by atoms with Gasteiger partial charge in [-0.15, -0.1) is 0 Å². The third-order valence-electron chi connectivity index (χ3n) is 2.18. The smallest absolute Gasteiger partial charge is 0.156 e. The van der Waals surface area contributed by atoms with Crippen LogP contribution in [0.3, 0.4) is 0 Å². The van der Waals surface area contributed by atoms with Crippen molar-refractivity contribution in [1.29, 1.82) is 0 Å². The highest BCUT2D eigenvalue weighted by atomic mass is 32.2. The molecule has 0 saturated carbocycles. The van der Waals surface area contributed by atoms with Gasteiger partial charge in [0.05, 0.1) is 11.0 Å². The average Bonchev–Trinajstić information content (AvgIpc) is 1.85.